The Balaban J connectivity index is 2.33. The Kier molecular flexibility index (Phi) is 7.92. The molecule has 4 N–H and O–H groups in total. The van der Waals surface area contributed by atoms with Gasteiger partial charge in [0.25, 0.3) is 0 Å². The van der Waals surface area contributed by atoms with Gasteiger partial charge in [-0.3, -0.25) is 0 Å². The number of oxime groups is 1. The van der Waals surface area contributed by atoms with E-state index in [-0.39, 0.29) is 18.3 Å². The third-order valence-electron chi connectivity index (χ3n) is 5.46. The van der Waals surface area contributed by atoms with Crippen molar-refractivity contribution in [3.63, 3.8) is 0 Å². The lowest BCUT2D eigenvalue weighted by Gasteiger charge is -2.52. The maximum absolute atomic E-state index is 13.0. The number of alkyl carbamates (subject to hydrolysis) is 1. The smallest absolute Gasteiger partial charge is 0.417 e. The molecule has 0 saturated carbocycles. The molecule has 0 spiro atoms. The summed E-state index contributed by atoms with van der Waals surface area (Å²) in [5, 5.41) is 14.6. The van der Waals surface area contributed by atoms with Crippen molar-refractivity contribution in [3.05, 3.63) is 71.0 Å². The summed E-state index contributed by atoms with van der Waals surface area (Å²) in [6.45, 7) is 11.6. The third kappa shape index (κ3) is 6.03. The molecule has 2 rings (SSSR count). The molecule has 0 radical (unpaired) electrons. The number of carboxylic acid groups (broad SMARTS) is 1. The number of benzene rings is 2. The Morgan fingerprint density at radius 1 is 0.971 bits per heavy atom. The zero-order valence-corrected chi connectivity index (χ0v) is 20.3. The molecular weight excluding hydrogens is 441 g/mol. The lowest BCUT2D eigenvalue weighted by Crippen LogP contribution is -2.55. The summed E-state index contributed by atoms with van der Waals surface area (Å²) in [4.78, 5) is 28.6. The fourth-order valence-corrected chi connectivity index (χ4v) is 4.29. The third-order valence-corrected chi connectivity index (χ3v) is 5.46. The number of hydrogen-bond donors (Lipinski definition) is 3. The number of nitrogens with two attached hydrogens (primary N) is 1. The highest BCUT2D eigenvalue weighted by atomic mass is 19.1. The largest absolute Gasteiger partial charge is 0.465 e. The fourth-order valence-electron chi connectivity index (χ4n) is 4.29. The number of carbonyl (C=O) groups excluding carboxylic acids is 1. The van der Waals surface area contributed by atoms with Crippen molar-refractivity contribution in [2.45, 2.75) is 53.8 Å². The van der Waals surface area contributed by atoms with Crippen LogP contribution in [0.5, 0.6) is 0 Å². The SMILES string of the molecule is CC(C)(C)C(OC(=O)NC(=O)O)(c1ccc(/C(N)=N\OCc2ccc(F)cc2)cc1)C(C)(C)C. The minimum atomic E-state index is -1.50. The first-order chi connectivity index (χ1) is 15.7. The first-order valence-corrected chi connectivity index (χ1v) is 10.7. The standard InChI is InChI=1S/C25H32FN3O5/c1-23(2,3)25(24(4,5)6,34-22(32)28-21(30)31)18-11-9-17(10-12-18)20(27)29-33-15-16-7-13-19(26)14-8-16/h7-14H,15H2,1-6H3,(H2,27,29)(H,28,32)(H,30,31). The number of ether oxygens (including phenoxy) is 1. The summed E-state index contributed by atoms with van der Waals surface area (Å²) in [5.41, 5.74) is 5.62. The molecule has 0 atom stereocenters. The molecular formula is C25H32FN3O5. The van der Waals surface area contributed by atoms with Crippen LogP contribution in [0.25, 0.3) is 0 Å². The molecule has 0 aliphatic carbocycles. The van der Waals surface area contributed by atoms with Gasteiger partial charge in [0.05, 0.1) is 0 Å². The Bertz CT molecular complexity index is 1020. The number of hydrogen-bond acceptors (Lipinski definition) is 5. The number of rotatable bonds is 6. The van der Waals surface area contributed by atoms with E-state index in [1.165, 1.54) is 12.1 Å². The summed E-state index contributed by atoms with van der Waals surface area (Å²) >= 11 is 0. The van der Waals surface area contributed by atoms with E-state index < -0.39 is 28.6 Å². The lowest BCUT2D eigenvalue weighted by atomic mass is 9.59. The van der Waals surface area contributed by atoms with Crippen LogP contribution in [0.1, 0.15) is 58.2 Å². The van der Waals surface area contributed by atoms with Crippen LogP contribution >= 0.6 is 0 Å². The van der Waals surface area contributed by atoms with Gasteiger partial charge in [0.2, 0.25) is 0 Å². The molecule has 0 unspecified atom stereocenters. The molecule has 2 aromatic carbocycles. The number of nitrogens with one attached hydrogen (secondary N) is 1. The van der Waals surface area contributed by atoms with Crippen molar-refractivity contribution >= 4 is 18.0 Å². The number of imide groups is 1. The molecule has 34 heavy (non-hydrogen) atoms. The topological polar surface area (TPSA) is 123 Å². The van der Waals surface area contributed by atoms with Gasteiger partial charge in [-0.15, -0.1) is 0 Å². The second-order valence-electron chi connectivity index (χ2n) is 9.95. The fraction of sp³-hybridized carbons (Fsp3) is 0.400. The van der Waals surface area contributed by atoms with Gasteiger partial charge in [0.1, 0.15) is 18.0 Å². The molecule has 8 nitrogen and oxygen atoms in total. The normalized spacial score (nSPS) is 12.7. The molecule has 2 amide bonds. The van der Waals surface area contributed by atoms with Gasteiger partial charge >= 0.3 is 12.2 Å². The summed E-state index contributed by atoms with van der Waals surface area (Å²) in [7, 11) is 0. The van der Waals surface area contributed by atoms with E-state index in [2.05, 4.69) is 5.16 Å². The van der Waals surface area contributed by atoms with Crippen LogP contribution in [-0.4, -0.2) is 23.1 Å². The minimum Gasteiger partial charge on any atom is -0.465 e. The van der Waals surface area contributed by atoms with Gasteiger partial charge in [0.15, 0.2) is 5.84 Å². The van der Waals surface area contributed by atoms with E-state index >= 15 is 0 Å². The molecule has 184 valence electrons. The number of amidine groups is 1. The Labute approximate surface area is 198 Å². The Morgan fingerprint density at radius 3 is 1.97 bits per heavy atom. The molecule has 0 aliphatic heterocycles. The van der Waals surface area contributed by atoms with Crippen LogP contribution in [0, 0.1) is 16.6 Å². The van der Waals surface area contributed by atoms with Crippen LogP contribution < -0.4 is 11.1 Å². The number of amides is 2. The van der Waals surface area contributed by atoms with E-state index in [0.717, 1.165) is 5.56 Å². The second-order valence-corrected chi connectivity index (χ2v) is 9.95. The predicted molar refractivity (Wildman–Crippen MR) is 127 cm³/mol. The van der Waals surface area contributed by atoms with Crippen molar-refractivity contribution in [1.29, 1.82) is 0 Å². The van der Waals surface area contributed by atoms with Gasteiger partial charge in [0, 0.05) is 16.4 Å². The van der Waals surface area contributed by atoms with E-state index in [9.17, 15) is 14.0 Å². The number of nitrogens with zero attached hydrogens (tertiary/aromatic N) is 1. The lowest BCUT2D eigenvalue weighted by molar-refractivity contribution is -0.147. The quantitative estimate of drug-likeness (QED) is 0.295. The van der Waals surface area contributed by atoms with Gasteiger partial charge in [-0.05, 0) is 23.3 Å². The second kappa shape index (κ2) is 10.1. The molecule has 0 fully saturated rings. The van der Waals surface area contributed by atoms with Gasteiger partial charge < -0.3 is 20.4 Å². The van der Waals surface area contributed by atoms with Crippen LogP contribution in [0.4, 0.5) is 14.0 Å². The van der Waals surface area contributed by atoms with Crippen LogP contribution in [-0.2, 0) is 21.8 Å². The maximum Gasteiger partial charge on any atom is 0.417 e. The van der Waals surface area contributed by atoms with Crippen molar-refractivity contribution in [1.82, 2.24) is 5.32 Å². The molecule has 9 heteroatoms. The monoisotopic (exact) mass is 473 g/mol. The highest BCUT2D eigenvalue weighted by molar-refractivity contribution is 5.97. The Morgan fingerprint density at radius 2 is 1.50 bits per heavy atom. The number of carbonyl (C=O) groups is 2. The average molecular weight is 474 g/mol. The highest BCUT2D eigenvalue weighted by Crippen LogP contribution is 2.54. The molecule has 0 bridgehead atoms. The first-order valence-electron chi connectivity index (χ1n) is 10.7. The van der Waals surface area contributed by atoms with Gasteiger partial charge in [-0.1, -0.05) is 83.1 Å². The zero-order valence-electron chi connectivity index (χ0n) is 20.3. The summed E-state index contributed by atoms with van der Waals surface area (Å²) in [5.74, 6) is -0.201. The average Bonchev–Trinajstić information content (AvgIpc) is 2.71. The molecule has 0 saturated heterocycles. The number of halogens is 1. The van der Waals surface area contributed by atoms with E-state index in [0.29, 0.717) is 11.1 Å². The minimum absolute atomic E-state index is 0.128. The van der Waals surface area contributed by atoms with Crippen LogP contribution in [0.3, 0.4) is 0 Å². The van der Waals surface area contributed by atoms with Crippen molar-refractivity contribution in [2.75, 3.05) is 0 Å². The van der Waals surface area contributed by atoms with Crippen molar-refractivity contribution in [2.24, 2.45) is 21.7 Å². The molecule has 0 aliphatic rings. The molecule has 2 aromatic rings. The highest BCUT2D eigenvalue weighted by Gasteiger charge is 2.55. The first kappa shape index (κ1) is 26.6. The summed E-state index contributed by atoms with van der Waals surface area (Å²) < 4.78 is 18.8. The predicted octanol–water partition coefficient (Wildman–Crippen LogP) is 5.35. The van der Waals surface area contributed by atoms with Crippen molar-refractivity contribution in [3.8, 4) is 0 Å². The van der Waals surface area contributed by atoms with Crippen LogP contribution in [0.15, 0.2) is 53.7 Å². The van der Waals surface area contributed by atoms with E-state index in [4.69, 9.17) is 20.4 Å². The van der Waals surface area contributed by atoms with Crippen LogP contribution in [0.2, 0.25) is 0 Å². The van der Waals surface area contributed by atoms with E-state index in [1.54, 1.807) is 41.7 Å². The van der Waals surface area contributed by atoms with Gasteiger partial charge in [-0.25, -0.2) is 19.3 Å². The summed E-state index contributed by atoms with van der Waals surface area (Å²) in [6.07, 6.45) is -2.56. The summed E-state index contributed by atoms with van der Waals surface area (Å²) in [6, 6.07) is 12.8. The van der Waals surface area contributed by atoms with Gasteiger partial charge in [-0.2, -0.15) is 0 Å². The maximum atomic E-state index is 13.0. The molecule has 0 aromatic heterocycles. The van der Waals surface area contributed by atoms with E-state index in [1.807, 2.05) is 41.5 Å². The zero-order chi connectivity index (χ0) is 25.7. The van der Waals surface area contributed by atoms with Crippen molar-refractivity contribution < 1.29 is 28.7 Å². The Hall–Kier alpha value is -3.62. The molecule has 0 heterocycles.